The van der Waals surface area contributed by atoms with Gasteiger partial charge in [0.15, 0.2) is 0 Å². The lowest BCUT2D eigenvalue weighted by molar-refractivity contribution is -0.115. The van der Waals surface area contributed by atoms with E-state index in [0.717, 1.165) is 22.2 Å². The molecule has 0 saturated heterocycles. The molecule has 0 unspecified atom stereocenters. The SMILES string of the molecule is O=C(Cc1c[nH]c2ccccc12)Nc1ccc(NC2CCCCC2)cn1. The zero-order valence-electron chi connectivity index (χ0n) is 14.8. The van der Waals surface area contributed by atoms with Crippen LogP contribution in [-0.2, 0) is 11.2 Å². The van der Waals surface area contributed by atoms with Crippen molar-refractivity contribution in [3.63, 3.8) is 0 Å². The van der Waals surface area contributed by atoms with E-state index >= 15 is 0 Å². The summed E-state index contributed by atoms with van der Waals surface area (Å²) in [5.41, 5.74) is 3.06. The van der Waals surface area contributed by atoms with Gasteiger partial charge in [-0.3, -0.25) is 4.79 Å². The zero-order valence-corrected chi connectivity index (χ0v) is 14.8. The van der Waals surface area contributed by atoms with Crippen LogP contribution in [0.5, 0.6) is 0 Å². The van der Waals surface area contributed by atoms with E-state index in [9.17, 15) is 4.79 Å². The number of pyridine rings is 1. The van der Waals surface area contributed by atoms with E-state index in [0.29, 0.717) is 18.3 Å². The molecule has 0 aliphatic heterocycles. The third-order valence-corrected chi connectivity index (χ3v) is 5.03. The first-order chi connectivity index (χ1) is 12.8. The minimum Gasteiger partial charge on any atom is -0.381 e. The molecule has 3 aromatic rings. The molecule has 0 spiro atoms. The summed E-state index contributed by atoms with van der Waals surface area (Å²) in [6.07, 6.45) is 10.4. The van der Waals surface area contributed by atoms with Gasteiger partial charge in [0.05, 0.1) is 18.3 Å². The number of H-pyrrole nitrogens is 1. The van der Waals surface area contributed by atoms with Crippen molar-refractivity contribution in [1.29, 1.82) is 0 Å². The second-order valence-electron chi connectivity index (χ2n) is 7.00. The standard InChI is InChI=1S/C21H24N4O/c26-21(12-15-13-22-19-9-5-4-8-18(15)19)25-20-11-10-17(14-23-20)24-16-6-2-1-3-7-16/h4-5,8-11,13-14,16,22,24H,1-3,6-7,12H2,(H,23,25,26). The molecule has 1 aromatic carbocycles. The molecule has 5 nitrogen and oxygen atoms in total. The van der Waals surface area contributed by atoms with Gasteiger partial charge in [-0.05, 0) is 36.6 Å². The Bertz CT molecular complexity index is 878. The summed E-state index contributed by atoms with van der Waals surface area (Å²) in [4.78, 5) is 19.9. The van der Waals surface area contributed by atoms with Crippen LogP contribution < -0.4 is 10.6 Å². The van der Waals surface area contributed by atoms with Crippen molar-refractivity contribution in [3.8, 4) is 0 Å². The van der Waals surface area contributed by atoms with Gasteiger partial charge in [-0.15, -0.1) is 0 Å². The minimum atomic E-state index is -0.0600. The summed E-state index contributed by atoms with van der Waals surface area (Å²) in [5, 5.41) is 7.51. The van der Waals surface area contributed by atoms with Gasteiger partial charge in [-0.1, -0.05) is 37.5 Å². The number of anilines is 2. The van der Waals surface area contributed by atoms with Gasteiger partial charge in [0.2, 0.25) is 5.91 Å². The van der Waals surface area contributed by atoms with Crippen LogP contribution in [-0.4, -0.2) is 21.9 Å². The highest BCUT2D eigenvalue weighted by atomic mass is 16.1. The molecule has 1 aliphatic carbocycles. The third kappa shape index (κ3) is 3.87. The fourth-order valence-corrected chi connectivity index (χ4v) is 3.67. The van der Waals surface area contributed by atoms with Crippen LogP contribution >= 0.6 is 0 Å². The Morgan fingerprint density at radius 1 is 1.12 bits per heavy atom. The molecule has 4 rings (SSSR count). The molecule has 1 saturated carbocycles. The molecule has 0 radical (unpaired) electrons. The average molecular weight is 348 g/mol. The van der Waals surface area contributed by atoms with Gasteiger partial charge in [-0.25, -0.2) is 4.98 Å². The topological polar surface area (TPSA) is 69.8 Å². The van der Waals surface area contributed by atoms with Crippen LogP contribution in [0.25, 0.3) is 10.9 Å². The number of aromatic nitrogens is 2. The summed E-state index contributed by atoms with van der Waals surface area (Å²) in [5.74, 6) is 0.527. The molecule has 1 aliphatic rings. The van der Waals surface area contributed by atoms with E-state index in [4.69, 9.17) is 0 Å². The Morgan fingerprint density at radius 2 is 1.96 bits per heavy atom. The number of carbonyl (C=O) groups is 1. The number of rotatable bonds is 5. The van der Waals surface area contributed by atoms with E-state index < -0.39 is 0 Å². The number of amides is 1. The van der Waals surface area contributed by atoms with Crippen LogP contribution in [0.3, 0.4) is 0 Å². The monoisotopic (exact) mass is 348 g/mol. The van der Waals surface area contributed by atoms with Crippen molar-refractivity contribution in [2.24, 2.45) is 0 Å². The van der Waals surface area contributed by atoms with Crippen LogP contribution in [0.4, 0.5) is 11.5 Å². The quantitative estimate of drug-likeness (QED) is 0.636. The Kier molecular flexibility index (Phi) is 4.86. The molecule has 26 heavy (non-hydrogen) atoms. The Morgan fingerprint density at radius 3 is 2.77 bits per heavy atom. The zero-order chi connectivity index (χ0) is 17.8. The lowest BCUT2D eigenvalue weighted by Crippen LogP contribution is -2.22. The van der Waals surface area contributed by atoms with Crippen molar-refractivity contribution in [2.45, 2.75) is 44.6 Å². The maximum atomic E-state index is 12.3. The van der Waals surface area contributed by atoms with Crippen LogP contribution in [0, 0.1) is 0 Å². The number of nitrogens with zero attached hydrogens (tertiary/aromatic N) is 1. The predicted molar refractivity (Wildman–Crippen MR) is 105 cm³/mol. The predicted octanol–water partition coefficient (Wildman–Crippen LogP) is 4.49. The second kappa shape index (κ2) is 7.60. The van der Waals surface area contributed by atoms with Gasteiger partial charge in [-0.2, -0.15) is 0 Å². The molecule has 5 heteroatoms. The smallest absolute Gasteiger partial charge is 0.230 e. The van der Waals surface area contributed by atoms with Gasteiger partial charge in [0, 0.05) is 23.1 Å². The Labute approximate surface area is 153 Å². The Balaban J connectivity index is 1.35. The first-order valence-corrected chi connectivity index (χ1v) is 9.35. The molecule has 2 heterocycles. The van der Waals surface area contributed by atoms with E-state index in [1.54, 1.807) is 6.20 Å². The maximum Gasteiger partial charge on any atom is 0.230 e. The number of carbonyl (C=O) groups excluding carboxylic acids is 1. The lowest BCUT2D eigenvalue weighted by Gasteiger charge is -2.23. The number of hydrogen-bond acceptors (Lipinski definition) is 3. The number of aromatic amines is 1. The molecule has 1 fully saturated rings. The van der Waals surface area contributed by atoms with Crippen molar-refractivity contribution in [1.82, 2.24) is 9.97 Å². The number of nitrogens with one attached hydrogen (secondary N) is 3. The van der Waals surface area contributed by atoms with Gasteiger partial charge >= 0.3 is 0 Å². The van der Waals surface area contributed by atoms with E-state index in [1.807, 2.05) is 42.6 Å². The maximum absolute atomic E-state index is 12.3. The second-order valence-corrected chi connectivity index (χ2v) is 7.00. The fourth-order valence-electron chi connectivity index (χ4n) is 3.67. The van der Waals surface area contributed by atoms with Gasteiger partial charge < -0.3 is 15.6 Å². The van der Waals surface area contributed by atoms with Crippen molar-refractivity contribution >= 4 is 28.3 Å². The molecule has 0 atom stereocenters. The van der Waals surface area contributed by atoms with E-state index in [2.05, 4.69) is 20.6 Å². The highest BCUT2D eigenvalue weighted by Crippen LogP contribution is 2.22. The summed E-state index contributed by atoms with van der Waals surface area (Å²) in [6, 6.07) is 12.4. The normalized spacial score (nSPS) is 15.1. The first kappa shape index (κ1) is 16.6. The number of benzene rings is 1. The molecule has 3 N–H and O–H groups in total. The van der Waals surface area contributed by atoms with Gasteiger partial charge in [0.1, 0.15) is 5.82 Å². The van der Waals surface area contributed by atoms with Crippen molar-refractivity contribution in [2.75, 3.05) is 10.6 Å². The number of fused-ring (bicyclic) bond motifs is 1. The molecule has 1 amide bonds. The highest BCUT2D eigenvalue weighted by molar-refractivity contribution is 5.95. The summed E-state index contributed by atoms with van der Waals surface area (Å²) in [6.45, 7) is 0. The van der Waals surface area contributed by atoms with Crippen LogP contribution in [0.15, 0.2) is 48.8 Å². The Hall–Kier alpha value is -2.82. The summed E-state index contributed by atoms with van der Waals surface area (Å²) < 4.78 is 0. The lowest BCUT2D eigenvalue weighted by atomic mass is 9.95. The summed E-state index contributed by atoms with van der Waals surface area (Å²) in [7, 11) is 0. The highest BCUT2D eigenvalue weighted by Gasteiger charge is 2.13. The molecular formula is C21H24N4O. The third-order valence-electron chi connectivity index (χ3n) is 5.03. The van der Waals surface area contributed by atoms with Crippen molar-refractivity contribution < 1.29 is 4.79 Å². The van der Waals surface area contributed by atoms with Gasteiger partial charge in [0.25, 0.3) is 0 Å². The summed E-state index contributed by atoms with van der Waals surface area (Å²) >= 11 is 0. The van der Waals surface area contributed by atoms with Crippen molar-refractivity contribution in [3.05, 3.63) is 54.4 Å². The number of para-hydroxylation sites is 1. The molecule has 2 aromatic heterocycles. The molecule has 0 bridgehead atoms. The molecular weight excluding hydrogens is 324 g/mol. The molecule has 134 valence electrons. The average Bonchev–Trinajstić information content (AvgIpc) is 3.07. The largest absolute Gasteiger partial charge is 0.381 e. The first-order valence-electron chi connectivity index (χ1n) is 9.35. The van der Waals surface area contributed by atoms with E-state index in [1.165, 1.54) is 32.1 Å². The number of hydrogen-bond donors (Lipinski definition) is 3. The minimum absolute atomic E-state index is 0.0600. The van der Waals surface area contributed by atoms with Crippen LogP contribution in [0.1, 0.15) is 37.7 Å². The van der Waals surface area contributed by atoms with Crippen LogP contribution in [0.2, 0.25) is 0 Å². The van der Waals surface area contributed by atoms with E-state index in [-0.39, 0.29) is 5.91 Å². The fraction of sp³-hybridized carbons (Fsp3) is 0.333.